The van der Waals surface area contributed by atoms with Crippen LogP contribution in [-0.4, -0.2) is 35.0 Å². The Balaban J connectivity index is 2.14. The number of carboxylic acid groups (broad SMARTS) is 1. The van der Waals surface area contributed by atoms with Gasteiger partial charge in [-0.1, -0.05) is 0 Å². The molecule has 2 aromatic rings. The summed E-state index contributed by atoms with van der Waals surface area (Å²) in [6, 6.07) is 8.90. The number of amides is 1. The van der Waals surface area contributed by atoms with Crippen LogP contribution in [0.1, 0.15) is 23.9 Å². The third-order valence-corrected chi connectivity index (χ3v) is 3.21. The first-order valence-corrected chi connectivity index (χ1v) is 6.88. The molecule has 1 heterocycles. The molecule has 116 valence electrons. The zero-order chi connectivity index (χ0) is 16.1. The Hall–Kier alpha value is -2.63. The number of furan rings is 1. The molecule has 0 saturated carbocycles. The summed E-state index contributed by atoms with van der Waals surface area (Å²) in [6.45, 7) is 2.28. The maximum absolute atomic E-state index is 12.9. The van der Waals surface area contributed by atoms with Gasteiger partial charge in [-0.3, -0.25) is 9.59 Å². The van der Waals surface area contributed by atoms with Gasteiger partial charge in [0.2, 0.25) is 0 Å². The molecule has 1 aromatic heterocycles. The van der Waals surface area contributed by atoms with Gasteiger partial charge in [-0.25, -0.2) is 4.39 Å². The number of benzene rings is 1. The van der Waals surface area contributed by atoms with Crippen molar-refractivity contribution in [1.29, 1.82) is 0 Å². The number of carbonyl (C=O) groups excluding carboxylic acids is 1. The average Bonchev–Trinajstić information content (AvgIpc) is 2.98. The van der Waals surface area contributed by atoms with Crippen LogP contribution in [0.25, 0.3) is 11.3 Å². The standard InChI is InChI=1S/C16H16FNO4/c1-2-18(10-9-15(19)20)16(21)14-8-7-13(22-14)11-3-5-12(17)6-4-11/h3-8H,2,9-10H2,1H3,(H,19,20). The molecule has 1 N–H and O–H groups in total. The van der Waals surface area contributed by atoms with E-state index in [4.69, 9.17) is 9.52 Å². The van der Waals surface area contributed by atoms with E-state index in [0.29, 0.717) is 17.9 Å². The Morgan fingerprint density at radius 3 is 2.45 bits per heavy atom. The lowest BCUT2D eigenvalue weighted by Crippen LogP contribution is -2.32. The first-order valence-electron chi connectivity index (χ1n) is 6.88. The maximum atomic E-state index is 12.9. The summed E-state index contributed by atoms with van der Waals surface area (Å²) < 4.78 is 18.4. The van der Waals surface area contributed by atoms with Gasteiger partial charge < -0.3 is 14.4 Å². The Kier molecular flexibility index (Phi) is 4.93. The predicted molar refractivity (Wildman–Crippen MR) is 77.9 cm³/mol. The fraction of sp³-hybridized carbons (Fsp3) is 0.250. The molecule has 0 saturated heterocycles. The van der Waals surface area contributed by atoms with Crippen molar-refractivity contribution in [2.75, 3.05) is 13.1 Å². The molecule has 0 aliphatic heterocycles. The fourth-order valence-electron chi connectivity index (χ4n) is 2.01. The molecule has 0 aliphatic rings. The van der Waals surface area contributed by atoms with Crippen LogP contribution in [0.4, 0.5) is 4.39 Å². The summed E-state index contributed by atoms with van der Waals surface area (Å²) in [5.74, 6) is -1.09. The van der Waals surface area contributed by atoms with Gasteiger partial charge in [0, 0.05) is 18.7 Å². The smallest absolute Gasteiger partial charge is 0.305 e. The van der Waals surface area contributed by atoms with E-state index in [1.54, 1.807) is 25.1 Å². The third-order valence-electron chi connectivity index (χ3n) is 3.21. The van der Waals surface area contributed by atoms with Crippen LogP contribution >= 0.6 is 0 Å². The minimum atomic E-state index is -0.960. The van der Waals surface area contributed by atoms with E-state index in [-0.39, 0.29) is 30.5 Å². The second-order valence-corrected chi connectivity index (χ2v) is 4.70. The second-order valence-electron chi connectivity index (χ2n) is 4.70. The summed E-state index contributed by atoms with van der Waals surface area (Å²) in [5, 5.41) is 8.69. The van der Waals surface area contributed by atoms with Crippen molar-refractivity contribution in [2.45, 2.75) is 13.3 Å². The molecule has 0 unspecified atom stereocenters. The molecule has 0 aliphatic carbocycles. The van der Waals surface area contributed by atoms with Crippen molar-refractivity contribution < 1.29 is 23.5 Å². The van der Waals surface area contributed by atoms with Gasteiger partial charge in [0.05, 0.1) is 6.42 Å². The minimum absolute atomic E-state index is 0.120. The van der Waals surface area contributed by atoms with Crippen LogP contribution < -0.4 is 0 Å². The number of aliphatic carboxylic acids is 1. The van der Waals surface area contributed by atoms with E-state index in [0.717, 1.165) is 0 Å². The quantitative estimate of drug-likeness (QED) is 0.890. The summed E-state index contributed by atoms with van der Waals surface area (Å²) in [6.07, 6.45) is -0.120. The molecular formula is C16H16FNO4. The number of halogens is 1. The topological polar surface area (TPSA) is 70.8 Å². The van der Waals surface area contributed by atoms with Crippen LogP contribution in [0.3, 0.4) is 0 Å². The Labute approximate surface area is 127 Å². The molecule has 5 nitrogen and oxygen atoms in total. The Morgan fingerprint density at radius 1 is 1.18 bits per heavy atom. The van der Waals surface area contributed by atoms with E-state index in [2.05, 4.69) is 0 Å². The highest BCUT2D eigenvalue weighted by atomic mass is 19.1. The number of hydrogen-bond acceptors (Lipinski definition) is 3. The van der Waals surface area contributed by atoms with E-state index in [1.807, 2.05) is 0 Å². The van der Waals surface area contributed by atoms with Crippen LogP contribution in [0.2, 0.25) is 0 Å². The molecule has 22 heavy (non-hydrogen) atoms. The maximum Gasteiger partial charge on any atom is 0.305 e. The Morgan fingerprint density at radius 2 is 1.86 bits per heavy atom. The first-order chi connectivity index (χ1) is 10.5. The van der Waals surface area contributed by atoms with Gasteiger partial charge in [-0.2, -0.15) is 0 Å². The monoisotopic (exact) mass is 305 g/mol. The molecule has 2 rings (SSSR count). The van der Waals surface area contributed by atoms with Gasteiger partial charge in [0.1, 0.15) is 11.6 Å². The van der Waals surface area contributed by atoms with E-state index in [9.17, 15) is 14.0 Å². The van der Waals surface area contributed by atoms with Gasteiger partial charge in [0.15, 0.2) is 5.76 Å². The number of carboxylic acids is 1. The molecule has 0 bridgehead atoms. The summed E-state index contributed by atoms with van der Waals surface area (Å²) in [4.78, 5) is 24.3. The lowest BCUT2D eigenvalue weighted by Gasteiger charge is -2.18. The van der Waals surface area contributed by atoms with Crippen molar-refractivity contribution in [2.24, 2.45) is 0 Å². The zero-order valence-corrected chi connectivity index (χ0v) is 12.1. The van der Waals surface area contributed by atoms with Crippen LogP contribution in [0.15, 0.2) is 40.8 Å². The Bertz CT molecular complexity index is 663. The van der Waals surface area contributed by atoms with E-state index < -0.39 is 5.97 Å². The van der Waals surface area contributed by atoms with Crippen molar-refractivity contribution in [3.8, 4) is 11.3 Å². The SMILES string of the molecule is CCN(CCC(=O)O)C(=O)c1ccc(-c2ccc(F)cc2)o1. The summed E-state index contributed by atoms with van der Waals surface area (Å²) in [7, 11) is 0. The van der Waals surface area contributed by atoms with Crippen LogP contribution in [0, 0.1) is 5.82 Å². The van der Waals surface area contributed by atoms with Gasteiger partial charge in [-0.15, -0.1) is 0 Å². The lowest BCUT2D eigenvalue weighted by atomic mass is 10.2. The van der Waals surface area contributed by atoms with Gasteiger partial charge >= 0.3 is 5.97 Å². The van der Waals surface area contributed by atoms with E-state index >= 15 is 0 Å². The number of hydrogen-bond donors (Lipinski definition) is 1. The second kappa shape index (κ2) is 6.89. The molecule has 6 heteroatoms. The fourth-order valence-corrected chi connectivity index (χ4v) is 2.01. The van der Waals surface area contributed by atoms with Crippen molar-refractivity contribution in [1.82, 2.24) is 4.90 Å². The van der Waals surface area contributed by atoms with Crippen molar-refractivity contribution in [3.05, 3.63) is 48.0 Å². The normalized spacial score (nSPS) is 10.5. The average molecular weight is 305 g/mol. The molecule has 1 aromatic carbocycles. The third kappa shape index (κ3) is 3.72. The van der Waals surface area contributed by atoms with Gasteiger partial charge in [-0.05, 0) is 43.3 Å². The molecular weight excluding hydrogens is 289 g/mol. The highest BCUT2D eigenvalue weighted by Gasteiger charge is 2.19. The molecule has 0 spiro atoms. The van der Waals surface area contributed by atoms with Crippen molar-refractivity contribution >= 4 is 11.9 Å². The molecule has 0 radical (unpaired) electrons. The summed E-state index contributed by atoms with van der Waals surface area (Å²) >= 11 is 0. The zero-order valence-electron chi connectivity index (χ0n) is 12.1. The predicted octanol–water partition coefficient (Wildman–Crippen LogP) is 3.02. The van der Waals surface area contributed by atoms with Crippen LogP contribution in [0.5, 0.6) is 0 Å². The number of rotatable bonds is 6. The highest BCUT2D eigenvalue weighted by molar-refractivity contribution is 5.92. The largest absolute Gasteiger partial charge is 0.481 e. The molecule has 0 fully saturated rings. The van der Waals surface area contributed by atoms with Crippen LogP contribution in [-0.2, 0) is 4.79 Å². The number of nitrogens with zero attached hydrogens (tertiary/aromatic N) is 1. The lowest BCUT2D eigenvalue weighted by molar-refractivity contribution is -0.137. The van der Waals surface area contributed by atoms with Crippen molar-refractivity contribution in [3.63, 3.8) is 0 Å². The summed E-state index contributed by atoms with van der Waals surface area (Å²) in [5.41, 5.74) is 0.661. The molecule has 0 atom stereocenters. The van der Waals surface area contributed by atoms with E-state index in [1.165, 1.54) is 23.1 Å². The first kappa shape index (κ1) is 15.8. The highest BCUT2D eigenvalue weighted by Crippen LogP contribution is 2.23. The van der Waals surface area contributed by atoms with Gasteiger partial charge in [0.25, 0.3) is 5.91 Å². The number of carbonyl (C=O) groups is 2. The molecule has 1 amide bonds. The minimum Gasteiger partial charge on any atom is -0.481 e.